The van der Waals surface area contributed by atoms with Crippen molar-refractivity contribution in [2.24, 2.45) is 0 Å². The molecular formula is C13H16N4O2S2. The van der Waals surface area contributed by atoms with Crippen molar-refractivity contribution in [2.75, 3.05) is 16.6 Å². The fourth-order valence-corrected chi connectivity index (χ4v) is 4.75. The van der Waals surface area contributed by atoms with Crippen molar-refractivity contribution in [1.82, 2.24) is 9.97 Å². The highest BCUT2D eigenvalue weighted by atomic mass is 32.2. The summed E-state index contributed by atoms with van der Waals surface area (Å²) in [6, 6.07) is 1.65. The van der Waals surface area contributed by atoms with Crippen LogP contribution in [0.4, 0.5) is 10.8 Å². The van der Waals surface area contributed by atoms with Crippen LogP contribution in [0.5, 0.6) is 0 Å². The van der Waals surface area contributed by atoms with Crippen molar-refractivity contribution >= 4 is 32.2 Å². The summed E-state index contributed by atoms with van der Waals surface area (Å²) in [6.45, 7) is 2.55. The van der Waals surface area contributed by atoms with Gasteiger partial charge in [-0.2, -0.15) is 0 Å². The summed E-state index contributed by atoms with van der Waals surface area (Å²) in [5, 5.41) is 3.47. The summed E-state index contributed by atoms with van der Waals surface area (Å²) in [5.41, 5.74) is 1.57. The van der Waals surface area contributed by atoms with Gasteiger partial charge in [0.2, 0.25) is 0 Å². The number of sulfonamides is 1. The van der Waals surface area contributed by atoms with Crippen molar-refractivity contribution in [2.45, 2.75) is 31.1 Å². The number of aromatic nitrogens is 2. The number of nitrogens with zero attached hydrogens (tertiary/aromatic N) is 2. The SMILES string of the molecule is CCNc1ccncc1S(=O)(=O)Nc1nc2c(s1)CCC2. The quantitative estimate of drug-likeness (QED) is 0.881. The van der Waals surface area contributed by atoms with Gasteiger partial charge in [0.25, 0.3) is 10.0 Å². The van der Waals surface area contributed by atoms with Crippen LogP contribution >= 0.6 is 11.3 Å². The van der Waals surface area contributed by atoms with Crippen LogP contribution in [-0.4, -0.2) is 24.9 Å². The van der Waals surface area contributed by atoms with E-state index in [0.717, 1.165) is 25.0 Å². The fraction of sp³-hybridized carbons (Fsp3) is 0.385. The van der Waals surface area contributed by atoms with Gasteiger partial charge in [0.05, 0.1) is 11.4 Å². The van der Waals surface area contributed by atoms with Gasteiger partial charge in [-0.3, -0.25) is 9.71 Å². The summed E-state index contributed by atoms with van der Waals surface area (Å²) in [5.74, 6) is 0. The summed E-state index contributed by atoms with van der Waals surface area (Å²) in [4.78, 5) is 9.60. The van der Waals surface area contributed by atoms with E-state index in [1.165, 1.54) is 22.4 Å². The van der Waals surface area contributed by atoms with Gasteiger partial charge in [0, 0.05) is 23.8 Å². The highest BCUT2D eigenvalue weighted by molar-refractivity contribution is 7.93. The molecule has 0 radical (unpaired) electrons. The Labute approximate surface area is 127 Å². The van der Waals surface area contributed by atoms with E-state index in [2.05, 4.69) is 20.0 Å². The molecule has 0 atom stereocenters. The third-order valence-corrected chi connectivity index (χ3v) is 5.83. The Balaban J connectivity index is 1.89. The van der Waals surface area contributed by atoms with Gasteiger partial charge >= 0.3 is 0 Å². The summed E-state index contributed by atoms with van der Waals surface area (Å²) < 4.78 is 27.6. The number of hydrogen-bond acceptors (Lipinski definition) is 6. The Morgan fingerprint density at radius 2 is 2.24 bits per heavy atom. The predicted molar refractivity (Wildman–Crippen MR) is 83.3 cm³/mol. The normalized spacial score (nSPS) is 14.0. The van der Waals surface area contributed by atoms with E-state index < -0.39 is 10.0 Å². The molecule has 1 aliphatic rings. The van der Waals surface area contributed by atoms with Crippen LogP contribution in [0.15, 0.2) is 23.4 Å². The van der Waals surface area contributed by atoms with E-state index in [9.17, 15) is 8.42 Å². The minimum atomic E-state index is -3.68. The predicted octanol–water partition coefficient (Wildman–Crippen LogP) is 2.26. The molecule has 0 amide bonds. The molecule has 2 aromatic rings. The lowest BCUT2D eigenvalue weighted by Crippen LogP contribution is -2.15. The van der Waals surface area contributed by atoms with Crippen LogP contribution in [0, 0.1) is 0 Å². The van der Waals surface area contributed by atoms with Gasteiger partial charge in [-0.15, -0.1) is 11.3 Å². The number of pyridine rings is 1. The molecule has 0 aliphatic heterocycles. The average molecular weight is 324 g/mol. The molecule has 0 bridgehead atoms. The van der Waals surface area contributed by atoms with E-state index in [1.54, 1.807) is 12.3 Å². The highest BCUT2D eigenvalue weighted by Crippen LogP contribution is 2.32. The minimum Gasteiger partial charge on any atom is -0.384 e. The van der Waals surface area contributed by atoms with Gasteiger partial charge in [0.1, 0.15) is 4.90 Å². The maximum Gasteiger partial charge on any atom is 0.267 e. The molecule has 2 heterocycles. The summed E-state index contributed by atoms with van der Waals surface area (Å²) in [7, 11) is -3.68. The molecule has 112 valence electrons. The zero-order chi connectivity index (χ0) is 14.9. The van der Waals surface area contributed by atoms with Crippen LogP contribution in [-0.2, 0) is 22.9 Å². The molecule has 2 aromatic heterocycles. The molecule has 6 nitrogen and oxygen atoms in total. The molecule has 3 rings (SSSR count). The number of rotatable bonds is 5. The van der Waals surface area contributed by atoms with E-state index in [-0.39, 0.29) is 4.90 Å². The Morgan fingerprint density at radius 1 is 1.38 bits per heavy atom. The largest absolute Gasteiger partial charge is 0.384 e. The standard InChI is InChI=1S/C13H16N4O2S2/c1-2-15-10-6-7-14-8-12(10)21(18,19)17-13-16-9-4-3-5-11(9)20-13/h6-8H,2-5H2,1H3,(H,14,15)(H,16,17). The maximum atomic E-state index is 12.5. The second kappa shape index (κ2) is 5.61. The number of thiazole rings is 1. The maximum absolute atomic E-state index is 12.5. The lowest BCUT2D eigenvalue weighted by Gasteiger charge is -2.10. The molecule has 1 aliphatic carbocycles. The monoisotopic (exact) mass is 324 g/mol. The number of hydrogen-bond donors (Lipinski definition) is 2. The molecule has 2 N–H and O–H groups in total. The molecule has 0 saturated heterocycles. The highest BCUT2D eigenvalue weighted by Gasteiger charge is 2.23. The van der Waals surface area contributed by atoms with Gasteiger partial charge in [-0.05, 0) is 32.3 Å². The molecular weight excluding hydrogens is 308 g/mol. The van der Waals surface area contributed by atoms with Crippen molar-refractivity contribution in [1.29, 1.82) is 0 Å². The van der Waals surface area contributed by atoms with Gasteiger partial charge < -0.3 is 5.32 Å². The molecule has 0 spiro atoms. The Morgan fingerprint density at radius 3 is 3.00 bits per heavy atom. The average Bonchev–Trinajstić information content (AvgIpc) is 3.00. The van der Waals surface area contributed by atoms with Gasteiger partial charge in [0.15, 0.2) is 5.13 Å². The minimum absolute atomic E-state index is 0.141. The van der Waals surface area contributed by atoms with E-state index in [0.29, 0.717) is 17.4 Å². The number of fused-ring (bicyclic) bond motifs is 1. The van der Waals surface area contributed by atoms with Crippen LogP contribution < -0.4 is 10.0 Å². The fourth-order valence-electron chi connectivity index (χ4n) is 2.33. The molecule has 0 saturated carbocycles. The van der Waals surface area contributed by atoms with Crippen molar-refractivity contribution < 1.29 is 8.42 Å². The first-order valence-corrected chi connectivity index (χ1v) is 9.09. The lowest BCUT2D eigenvalue weighted by atomic mass is 10.4. The van der Waals surface area contributed by atoms with Crippen LogP contribution in [0.2, 0.25) is 0 Å². The Kier molecular flexibility index (Phi) is 3.81. The molecule has 0 aromatic carbocycles. The topological polar surface area (TPSA) is 84.0 Å². The van der Waals surface area contributed by atoms with Crippen LogP contribution in [0.3, 0.4) is 0 Å². The third-order valence-electron chi connectivity index (χ3n) is 3.26. The van der Waals surface area contributed by atoms with E-state index in [1.807, 2.05) is 6.92 Å². The summed E-state index contributed by atoms with van der Waals surface area (Å²) >= 11 is 1.42. The van der Waals surface area contributed by atoms with Crippen molar-refractivity contribution in [3.05, 3.63) is 29.0 Å². The zero-order valence-electron chi connectivity index (χ0n) is 11.6. The number of anilines is 2. The zero-order valence-corrected chi connectivity index (χ0v) is 13.2. The smallest absolute Gasteiger partial charge is 0.267 e. The second-order valence-electron chi connectivity index (χ2n) is 4.75. The lowest BCUT2D eigenvalue weighted by molar-refractivity contribution is 0.601. The summed E-state index contributed by atoms with van der Waals surface area (Å²) in [6.07, 6.45) is 5.94. The third kappa shape index (κ3) is 2.86. The van der Waals surface area contributed by atoms with Crippen molar-refractivity contribution in [3.8, 4) is 0 Å². The van der Waals surface area contributed by atoms with Gasteiger partial charge in [-0.25, -0.2) is 13.4 Å². The number of aryl methyl sites for hydroxylation is 2. The molecule has 8 heteroatoms. The Hall–Kier alpha value is -1.67. The number of nitrogens with one attached hydrogen (secondary N) is 2. The molecule has 21 heavy (non-hydrogen) atoms. The second-order valence-corrected chi connectivity index (χ2v) is 7.48. The van der Waals surface area contributed by atoms with Crippen molar-refractivity contribution in [3.63, 3.8) is 0 Å². The van der Waals surface area contributed by atoms with Crippen LogP contribution in [0.25, 0.3) is 0 Å². The first kappa shape index (κ1) is 14.3. The molecule has 0 fully saturated rings. The van der Waals surface area contributed by atoms with E-state index in [4.69, 9.17) is 0 Å². The van der Waals surface area contributed by atoms with Gasteiger partial charge in [-0.1, -0.05) is 0 Å². The Bertz CT molecular complexity index is 734. The first-order chi connectivity index (χ1) is 10.1. The van der Waals surface area contributed by atoms with E-state index >= 15 is 0 Å². The van der Waals surface area contributed by atoms with Crippen LogP contribution in [0.1, 0.15) is 23.9 Å². The first-order valence-electron chi connectivity index (χ1n) is 6.79. The molecule has 0 unspecified atom stereocenters.